The molecule has 0 fully saturated rings. The molecule has 0 saturated heterocycles. The van der Waals surface area contributed by atoms with Crippen LogP contribution < -0.4 is 4.74 Å². The van der Waals surface area contributed by atoms with Crippen molar-refractivity contribution in [2.45, 2.75) is 19.9 Å². The first-order valence-electron chi connectivity index (χ1n) is 5.57. The molecule has 96 valence electrons. The van der Waals surface area contributed by atoms with Crippen molar-refractivity contribution in [3.05, 3.63) is 32.7 Å². The van der Waals surface area contributed by atoms with Crippen LogP contribution in [0.5, 0.6) is 5.75 Å². The highest BCUT2D eigenvalue weighted by Gasteiger charge is 2.21. The van der Waals surface area contributed by atoms with E-state index in [1.54, 1.807) is 24.1 Å². The third kappa shape index (κ3) is 2.49. The van der Waals surface area contributed by atoms with Crippen LogP contribution in [0.15, 0.2) is 22.1 Å². The van der Waals surface area contributed by atoms with E-state index in [2.05, 4.69) is 21.0 Å². The van der Waals surface area contributed by atoms with Crippen LogP contribution in [-0.4, -0.2) is 22.7 Å². The fourth-order valence-corrected chi connectivity index (χ4v) is 3.01. The smallest absolute Gasteiger partial charge is 0.224 e. The Bertz CT molecular complexity index is 562. The van der Waals surface area contributed by atoms with Crippen molar-refractivity contribution < 1.29 is 9.53 Å². The standard InChI is InChI=1S/C12H13BrN2O2S/c1-3-6-15-11(8(17-2)7-14-15)12(16)9-4-5-10(13)18-9/h4-5,7H,3,6H2,1-2H3. The number of hydrogen-bond acceptors (Lipinski definition) is 4. The van der Waals surface area contributed by atoms with Gasteiger partial charge in [-0.15, -0.1) is 11.3 Å². The molecule has 0 bridgehead atoms. The van der Waals surface area contributed by atoms with Gasteiger partial charge in [0.05, 0.1) is 22.0 Å². The van der Waals surface area contributed by atoms with Gasteiger partial charge in [0.15, 0.2) is 11.4 Å². The number of carbonyl (C=O) groups is 1. The third-order valence-electron chi connectivity index (χ3n) is 2.47. The van der Waals surface area contributed by atoms with Gasteiger partial charge >= 0.3 is 0 Å². The van der Waals surface area contributed by atoms with E-state index in [0.717, 1.165) is 10.2 Å². The molecule has 0 spiro atoms. The van der Waals surface area contributed by atoms with Crippen molar-refractivity contribution in [3.8, 4) is 5.75 Å². The second kappa shape index (κ2) is 5.67. The first kappa shape index (κ1) is 13.3. The van der Waals surface area contributed by atoms with E-state index in [0.29, 0.717) is 22.9 Å². The molecule has 0 radical (unpaired) electrons. The van der Waals surface area contributed by atoms with Gasteiger partial charge in [-0.3, -0.25) is 9.48 Å². The summed E-state index contributed by atoms with van der Waals surface area (Å²) in [5.74, 6) is 0.478. The lowest BCUT2D eigenvalue weighted by Crippen LogP contribution is -2.11. The summed E-state index contributed by atoms with van der Waals surface area (Å²) in [5, 5.41) is 4.19. The number of halogens is 1. The molecule has 0 aromatic carbocycles. The molecule has 2 rings (SSSR count). The molecule has 6 heteroatoms. The molecule has 0 unspecified atom stereocenters. The van der Waals surface area contributed by atoms with Crippen LogP contribution in [0.2, 0.25) is 0 Å². The molecular formula is C12H13BrN2O2S. The van der Waals surface area contributed by atoms with E-state index in [1.165, 1.54) is 11.3 Å². The number of rotatable bonds is 5. The lowest BCUT2D eigenvalue weighted by molar-refractivity contribution is 0.102. The van der Waals surface area contributed by atoms with Crippen molar-refractivity contribution in [3.63, 3.8) is 0 Å². The van der Waals surface area contributed by atoms with Gasteiger partial charge in [0, 0.05) is 6.54 Å². The van der Waals surface area contributed by atoms with E-state index >= 15 is 0 Å². The number of ketones is 1. The molecule has 2 heterocycles. The van der Waals surface area contributed by atoms with Gasteiger partial charge < -0.3 is 4.74 Å². The Balaban J connectivity index is 2.42. The molecular weight excluding hydrogens is 316 g/mol. The summed E-state index contributed by atoms with van der Waals surface area (Å²) in [6, 6.07) is 3.67. The number of aryl methyl sites for hydroxylation is 1. The summed E-state index contributed by atoms with van der Waals surface area (Å²) in [6.07, 6.45) is 2.50. The molecule has 0 aliphatic heterocycles. The van der Waals surface area contributed by atoms with Crippen molar-refractivity contribution in [2.24, 2.45) is 0 Å². The Hall–Kier alpha value is -1.14. The quantitative estimate of drug-likeness (QED) is 0.790. The molecule has 2 aromatic heterocycles. The summed E-state index contributed by atoms with van der Waals surface area (Å²) in [5.41, 5.74) is 0.522. The minimum atomic E-state index is -0.0477. The van der Waals surface area contributed by atoms with E-state index in [1.807, 2.05) is 13.0 Å². The largest absolute Gasteiger partial charge is 0.493 e. The maximum Gasteiger partial charge on any atom is 0.224 e. The lowest BCUT2D eigenvalue weighted by atomic mass is 10.2. The Kier molecular flexibility index (Phi) is 4.19. The topological polar surface area (TPSA) is 44.1 Å². The molecule has 0 atom stereocenters. The third-order valence-corrected chi connectivity index (χ3v) is 4.10. The molecule has 0 saturated carbocycles. The number of nitrogens with zero attached hydrogens (tertiary/aromatic N) is 2. The maximum atomic E-state index is 12.4. The zero-order valence-electron chi connectivity index (χ0n) is 10.1. The van der Waals surface area contributed by atoms with Gasteiger partial charge in [-0.1, -0.05) is 6.92 Å². The van der Waals surface area contributed by atoms with Crippen LogP contribution in [0.4, 0.5) is 0 Å². The molecule has 18 heavy (non-hydrogen) atoms. The summed E-state index contributed by atoms with van der Waals surface area (Å²) in [7, 11) is 1.55. The van der Waals surface area contributed by atoms with Crippen molar-refractivity contribution in [1.82, 2.24) is 9.78 Å². The van der Waals surface area contributed by atoms with Crippen LogP contribution in [0.3, 0.4) is 0 Å². The van der Waals surface area contributed by atoms with Crippen molar-refractivity contribution in [2.75, 3.05) is 7.11 Å². The monoisotopic (exact) mass is 328 g/mol. The van der Waals surface area contributed by atoms with E-state index in [9.17, 15) is 4.79 Å². The first-order valence-corrected chi connectivity index (χ1v) is 7.18. The van der Waals surface area contributed by atoms with Gasteiger partial charge in [0.25, 0.3) is 0 Å². The SMILES string of the molecule is CCCn1ncc(OC)c1C(=O)c1ccc(Br)s1. The Morgan fingerprint density at radius 3 is 2.89 bits per heavy atom. The number of hydrogen-bond donors (Lipinski definition) is 0. The predicted molar refractivity (Wildman–Crippen MR) is 74.5 cm³/mol. The van der Waals surface area contributed by atoms with Crippen molar-refractivity contribution >= 4 is 33.0 Å². The van der Waals surface area contributed by atoms with E-state index in [4.69, 9.17) is 4.74 Å². The Labute approximate surface area is 118 Å². The molecule has 0 aliphatic rings. The minimum absolute atomic E-state index is 0.0477. The lowest BCUT2D eigenvalue weighted by Gasteiger charge is -2.05. The average Bonchev–Trinajstić information content (AvgIpc) is 2.95. The number of carbonyl (C=O) groups excluding carboxylic acids is 1. The molecule has 2 aromatic rings. The summed E-state index contributed by atoms with van der Waals surface area (Å²) >= 11 is 4.77. The second-order valence-corrected chi connectivity index (χ2v) is 6.18. The molecule has 4 nitrogen and oxygen atoms in total. The van der Waals surface area contributed by atoms with E-state index < -0.39 is 0 Å². The zero-order chi connectivity index (χ0) is 13.1. The van der Waals surface area contributed by atoms with Crippen LogP contribution in [0, 0.1) is 0 Å². The van der Waals surface area contributed by atoms with Crippen LogP contribution in [0.1, 0.15) is 28.7 Å². The fraction of sp³-hybridized carbons (Fsp3) is 0.333. The summed E-state index contributed by atoms with van der Waals surface area (Å²) in [6.45, 7) is 2.75. The van der Waals surface area contributed by atoms with Crippen LogP contribution in [0.25, 0.3) is 0 Å². The summed E-state index contributed by atoms with van der Waals surface area (Å²) in [4.78, 5) is 13.1. The van der Waals surface area contributed by atoms with Crippen molar-refractivity contribution in [1.29, 1.82) is 0 Å². The molecule has 0 aliphatic carbocycles. The van der Waals surface area contributed by atoms with E-state index in [-0.39, 0.29) is 5.78 Å². The second-order valence-electron chi connectivity index (χ2n) is 3.72. The average molecular weight is 329 g/mol. The highest BCUT2D eigenvalue weighted by Crippen LogP contribution is 2.27. The van der Waals surface area contributed by atoms with Gasteiger partial charge in [-0.25, -0.2) is 0 Å². The Morgan fingerprint density at radius 1 is 1.56 bits per heavy atom. The number of thiophene rings is 1. The first-order chi connectivity index (χ1) is 8.67. The predicted octanol–water partition coefficient (Wildman–Crippen LogP) is 3.36. The maximum absolute atomic E-state index is 12.4. The highest BCUT2D eigenvalue weighted by atomic mass is 79.9. The van der Waals surface area contributed by atoms with Gasteiger partial charge in [0.2, 0.25) is 5.78 Å². The normalized spacial score (nSPS) is 10.6. The van der Waals surface area contributed by atoms with Crippen LogP contribution >= 0.6 is 27.3 Å². The molecule has 0 N–H and O–H groups in total. The molecule has 0 amide bonds. The van der Waals surface area contributed by atoms with Gasteiger partial charge in [0.1, 0.15) is 0 Å². The van der Waals surface area contributed by atoms with Gasteiger partial charge in [-0.05, 0) is 34.5 Å². The van der Waals surface area contributed by atoms with Crippen LogP contribution in [-0.2, 0) is 6.54 Å². The fourth-order valence-electron chi connectivity index (χ4n) is 1.68. The minimum Gasteiger partial charge on any atom is -0.493 e. The number of ether oxygens (including phenoxy) is 1. The summed E-state index contributed by atoms with van der Waals surface area (Å²) < 4.78 is 7.85. The number of methoxy groups -OCH3 is 1. The van der Waals surface area contributed by atoms with Gasteiger partial charge in [-0.2, -0.15) is 5.10 Å². The highest BCUT2D eigenvalue weighted by molar-refractivity contribution is 9.11. The zero-order valence-corrected chi connectivity index (χ0v) is 12.5. The number of aromatic nitrogens is 2. The Morgan fingerprint density at radius 2 is 2.33 bits per heavy atom.